The molecule has 0 amide bonds. The van der Waals surface area contributed by atoms with Crippen LogP contribution in [0.1, 0.15) is 45.6 Å². The molecule has 1 aromatic rings. The zero-order valence-electron chi connectivity index (χ0n) is 12.7. The van der Waals surface area contributed by atoms with Crippen molar-refractivity contribution in [3.63, 3.8) is 0 Å². The molecule has 1 unspecified atom stereocenters. The fraction of sp³-hybridized carbons (Fsp3) is 0.647. The van der Waals surface area contributed by atoms with E-state index in [1.165, 1.54) is 5.56 Å². The number of aliphatic hydroxyl groups is 1. The van der Waals surface area contributed by atoms with Gasteiger partial charge in [-0.2, -0.15) is 0 Å². The van der Waals surface area contributed by atoms with Gasteiger partial charge in [0, 0.05) is 0 Å². The van der Waals surface area contributed by atoms with Crippen LogP contribution in [0.5, 0.6) is 0 Å². The van der Waals surface area contributed by atoms with Crippen LogP contribution in [-0.4, -0.2) is 23.8 Å². The van der Waals surface area contributed by atoms with Crippen LogP contribution in [0.4, 0.5) is 0 Å². The summed E-state index contributed by atoms with van der Waals surface area (Å²) in [6.45, 7) is 8.28. The lowest BCUT2D eigenvalue weighted by molar-refractivity contribution is 0.0402. The van der Waals surface area contributed by atoms with E-state index < -0.39 is 5.60 Å². The molecule has 2 heteroatoms. The SMILES string of the molecule is CC(C)CNCCC(C)(O)CCCc1ccccc1. The molecular formula is C17H29NO. The lowest BCUT2D eigenvalue weighted by atomic mass is 9.94. The van der Waals surface area contributed by atoms with Crippen molar-refractivity contribution in [2.24, 2.45) is 5.92 Å². The minimum absolute atomic E-state index is 0.543. The third-order valence-electron chi connectivity index (χ3n) is 3.42. The minimum atomic E-state index is -0.543. The van der Waals surface area contributed by atoms with Gasteiger partial charge in [-0.15, -0.1) is 0 Å². The second-order valence-corrected chi connectivity index (χ2v) is 6.18. The summed E-state index contributed by atoms with van der Waals surface area (Å²) in [5, 5.41) is 13.7. The quantitative estimate of drug-likeness (QED) is 0.669. The highest BCUT2D eigenvalue weighted by Crippen LogP contribution is 2.18. The first-order valence-corrected chi connectivity index (χ1v) is 7.47. The van der Waals surface area contributed by atoms with Gasteiger partial charge in [0.15, 0.2) is 0 Å². The van der Waals surface area contributed by atoms with E-state index in [0.29, 0.717) is 5.92 Å². The molecule has 0 heterocycles. The summed E-state index contributed by atoms with van der Waals surface area (Å²) in [5.74, 6) is 0.669. The Labute approximate surface area is 118 Å². The monoisotopic (exact) mass is 263 g/mol. The second kappa shape index (κ2) is 8.34. The Hall–Kier alpha value is -0.860. The predicted molar refractivity (Wildman–Crippen MR) is 82.3 cm³/mol. The van der Waals surface area contributed by atoms with Crippen LogP contribution < -0.4 is 5.32 Å². The van der Waals surface area contributed by atoms with E-state index in [0.717, 1.165) is 38.8 Å². The molecule has 0 aliphatic carbocycles. The van der Waals surface area contributed by atoms with Crippen molar-refractivity contribution in [2.45, 2.75) is 52.1 Å². The highest BCUT2D eigenvalue weighted by atomic mass is 16.3. The van der Waals surface area contributed by atoms with Gasteiger partial charge in [0.05, 0.1) is 5.60 Å². The third kappa shape index (κ3) is 8.02. The van der Waals surface area contributed by atoms with E-state index in [4.69, 9.17) is 0 Å². The smallest absolute Gasteiger partial charge is 0.0632 e. The topological polar surface area (TPSA) is 32.3 Å². The van der Waals surface area contributed by atoms with Crippen molar-refractivity contribution in [2.75, 3.05) is 13.1 Å². The molecule has 0 bridgehead atoms. The lowest BCUT2D eigenvalue weighted by Crippen LogP contribution is -2.31. The number of rotatable bonds is 9. The molecule has 0 spiro atoms. The van der Waals surface area contributed by atoms with E-state index in [1.54, 1.807) is 0 Å². The molecule has 1 aromatic carbocycles. The molecule has 2 nitrogen and oxygen atoms in total. The molecule has 0 aromatic heterocycles. The van der Waals surface area contributed by atoms with Crippen molar-refractivity contribution in [1.82, 2.24) is 5.32 Å². The van der Waals surface area contributed by atoms with Crippen LogP contribution >= 0.6 is 0 Å². The molecule has 2 N–H and O–H groups in total. The van der Waals surface area contributed by atoms with E-state index in [2.05, 4.69) is 43.4 Å². The minimum Gasteiger partial charge on any atom is -0.390 e. The number of nitrogens with one attached hydrogen (secondary N) is 1. The van der Waals surface area contributed by atoms with Gasteiger partial charge in [0.25, 0.3) is 0 Å². The summed E-state index contributed by atoms with van der Waals surface area (Å²) < 4.78 is 0. The van der Waals surface area contributed by atoms with Crippen molar-refractivity contribution < 1.29 is 5.11 Å². The summed E-state index contributed by atoms with van der Waals surface area (Å²) in [5.41, 5.74) is 0.815. The van der Waals surface area contributed by atoms with Gasteiger partial charge >= 0.3 is 0 Å². The summed E-state index contributed by atoms with van der Waals surface area (Å²) in [6, 6.07) is 10.5. The van der Waals surface area contributed by atoms with Gasteiger partial charge < -0.3 is 10.4 Å². The lowest BCUT2D eigenvalue weighted by Gasteiger charge is -2.23. The van der Waals surface area contributed by atoms with Gasteiger partial charge in [-0.05, 0) is 57.2 Å². The van der Waals surface area contributed by atoms with Crippen LogP contribution in [0, 0.1) is 5.92 Å². The molecule has 0 aliphatic rings. The van der Waals surface area contributed by atoms with Crippen molar-refractivity contribution >= 4 is 0 Å². The number of hydrogen-bond donors (Lipinski definition) is 2. The Kier molecular flexibility index (Phi) is 7.11. The highest BCUT2D eigenvalue weighted by Gasteiger charge is 2.19. The van der Waals surface area contributed by atoms with Crippen molar-refractivity contribution in [1.29, 1.82) is 0 Å². The fourth-order valence-electron chi connectivity index (χ4n) is 2.19. The van der Waals surface area contributed by atoms with Crippen LogP contribution in [0.2, 0.25) is 0 Å². The first kappa shape index (κ1) is 16.2. The zero-order chi connectivity index (χ0) is 14.1. The molecular weight excluding hydrogens is 234 g/mol. The molecule has 0 saturated heterocycles. The van der Waals surface area contributed by atoms with Crippen molar-refractivity contribution in [3.8, 4) is 0 Å². The number of hydrogen-bond acceptors (Lipinski definition) is 2. The normalized spacial score (nSPS) is 14.6. The predicted octanol–water partition coefficient (Wildman–Crippen LogP) is 3.40. The van der Waals surface area contributed by atoms with Crippen LogP contribution in [0.3, 0.4) is 0 Å². The first-order chi connectivity index (χ1) is 8.99. The summed E-state index contributed by atoms with van der Waals surface area (Å²) in [4.78, 5) is 0. The molecule has 0 aliphatic heterocycles. The molecule has 108 valence electrons. The summed E-state index contributed by atoms with van der Waals surface area (Å²) in [6.07, 6.45) is 3.79. The molecule has 1 rings (SSSR count). The molecule has 1 atom stereocenters. The van der Waals surface area contributed by atoms with Gasteiger partial charge in [0.2, 0.25) is 0 Å². The average molecular weight is 263 g/mol. The van der Waals surface area contributed by atoms with E-state index in [9.17, 15) is 5.11 Å². The van der Waals surface area contributed by atoms with Gasteiger partial charge in [-0.25, -0.2) is 0 Å². The zero-order valence-corrected chi connectivity index (χ0v) is 12.7. The first-order valence-electron chi connectivity index (χ1n) is 7.47. The Morgan fingerprint density at radius 2 is 1.84 bits per heavy atom. The molecule has 19 heavy (non-hydrogen) atoms. The van der Waals surface area contributed by atoms with Crippen LogP contribution in [-0.2, 0) is 6.42 Å². The maximum Gasteiger partial charge on any atom is 0.0632 e. The summed E-state index contributed by atoms with van der Waals surface area (Å²) in [7, 11) is 0. The van der Waals surface area contributed by atoms with Gasteiger partial charge in [0.1, 0.15) is 0 Å². The second-order valence-electron chi connectivity index (χ2n) is 6.18. The molecule has 0 fully saturated rings. The van der Waals surface area contributed by atoms with Gasteiger partial charge in [-0.1, -0.05) is 44.2 Å². The van der Waals surface area contributed by atoms with Gasteiger partial charge in [-0.3, -0.25) is 0 Å². The third-order valence-corrected chi connectivity index (χ3v) is 3.42. The highest BCUT2D eigenvalue weighted by molar-refractivity contribution is 5.14. The molecule has 0 saturated carbocycles. The van der Waals surface area contributed by atoms with Crippen LogP contribution in [0.15, 0.2) is 30.3 Å². The number of aryl methyl sites for hydroxylation is 1. The maximum absolute atomic E-state index is 10.3. The Balaban J connectivity index is 2.16. The van der Waals surface area contributed by atoms with Crippen LogP contribution in [0.25, 0.3) is 0 Å². The Bertz CT molecular complexity index is 332. The average Bonchev–Trinajstić information content (AvgIpc) is 2.36. The fourth-order valence-corrected chi connectivity index (χ4v) is 2.19. The van der Waals surface area contributed by atoms with Crippen molar-refractivity contribution in [3.05, 3.63) is 35.9 Å². The Morgan fingerprint density at radius 1 is 1.16 bits per heavy atom. The maximum atomic E-state index is 10.3. The summed E-state index contributed by atoms with van der Waals surface area (Å²) >= 11 is 0. The van der Waals surface area contributed by atoms with E-state index >= 15 is 0 Å². The van der Waals surface area contributed by atoms with E-state index in [-0.39, 0.29) is 0 Å². The van der Waals surface area contributed by atoms with E-state index in [1.807, 2.05) is 13.0 Å². The standard InChI is InChI=1S/C17H29NO/c1-15(2)14-18-13-12-17(3,19)11-7-10-16-8-5-4-6-9-16/h4-6,8-9,15,18-19H,7,10-14H2,1-3H3. The Morgan fingerprint density at radius 3 is 2.47 bits per heavy atom. The molecule has 0 radical (unpaired) electrons. The largest absolute Gasteiger partial charge is 0.390 e. The number of benzene rings is 1.